The molecule has 0 unspecified atom stereocenters. The summed E-state index contributed by atoms with van der Waals surface area (Å²) >= 11 is 0. The molecule has 1 fully saturated rings. The Morgan fingerprint density at radius 1 is 1.44 bits per heavy atom. The lowest BCUT2D eigenvalue weighted by atomic mass is 10.0. The molecular weight excluding hydrogens is 226 g/mol. The molecule has 4 heteroatoms. The van der Waals surface area contributed by atoms with Crippen molar-refractivity contribution in [3.63, 3.8) is 0 Å². The summed E-state index contributed by atoms with van der Waals surface area (Å²) < 4.78 is 0. The van der Waals surface area contributed by atoms with Crippen molar-refractivity contribution >= 4 is 5.91 Å². The van der Waals surface area contributed by atoms with E-state index in [0.717, 1.165) is 38.2 Å². The number of hydrogen-bond donors (Lipinski definition) is 1. The highest BCUT2D eigenvalue weighted by Crippen LogP contribution is 2.10. The summed E-state index contributed by atoms with van der Waals surface area (Å²) in [6, 6.07) is 4.01. The van der Waals surface area contributed by atoms with Gasteiger partial charge in [-0.15, -0.1) is 0 Å². The molecule has 0 bridgehead atoms. The second-order valence-corrected chi connectivity index (χ2v) is 4.87. The van der Waals surface area contributed by atoms with Gasteiger partial charge in [-0.3, -0.25) is 9.78 Å². The van der Waals surface area contributed by atoms with Gasteiger partial charge in [0.15, 0.2) is 0 Å². The first-order valence-electron chi connectivity index (χ1n) is 6.65. The molecule has 0 atom stereocenters. The van der Waals surface area contributed by atoms with Gasteiger partial charge in [-0.2, -0.15) is 0 Å². The second kappa shape index (κ2) is 5.96. The fourth-order valence-corrected chi connectivity index (χ4v) is 2.26. The number of piperidine rings is 1. The lowest BCUT2D eigenvalue weighted by Crippen LogP contribution is -2.44. The van der Waals surface area contributed by atoms with Gasteiger partial charge in [0.2, 0.25) is 0 Å². The van der Waals surface area contributed by atoms with E-state index in [1.165, 1.54) is 0 Å². The summed E-state index contributed by atoms with van der Waals surface area (Å²) in [5.74, 6) is -0.00236. The Labute approximate surface area is 108 Å². The van der Waals surface area contributed by atoms with Crippen molar-refractivity contribution in [2.24, 2.45) is 0 Å². The van der Waals surface area contributed by atoms with Gasteiger partial charge in [-0.1, -0.05) is 6.92 Å². The number of rotatable bonds is 3. The summed E-state index contributed by atoms with van der Waals surface area (Å²) in [5.41, 5.74) is 1.58. The van der Waals surface area contributed by atoms with E-state index in [2.05, 4.69) is 22.1 Å². The first kappa shape index (κ1) is 13.0. The van der Waals surface area contributed by atoms with E-state index in [1.807, 2.05) is 19.1 Å². The minimum Gasteiger partial charge on any atom is -0.349 e. The monoisotopic (exact) mass is 247 g/mol. The van der Waals surface area contributed by atoms with E-state index in [9.17, 15) is 4.79 Å². The van der Waals surface area contributed by atoms with Gasteiger partial charge in [0.05, 0.1) is 5.56 Å². The molecule has 0 aromatic carbocycles. The van der Waals surface area contributed by atoms with E-state index >= 15 is 0 Å². The number of carbonyl (C=O) groups excluding carboxylic acids is 1. The number of aromatic nitrogens is 1. The van der Waals surface area contributed by atoms with Gasteiger partial charge < -0.3 is 10.2 Å². The Balaban J connectivity index is 1.86. The van der Waals surface area contributed by atoms with Crippen molar-refractivity contribution in [1.29, 1.82) is 0 Å². The molecule has 18 heavy (non-hydrogen) atoms. The Hall–Kier alpha value is -1.42. The van der Waals surface area contributed by atoms with Crippen molar-refractivity contribution in [2.45, 2.75) is 32.7 Å². The van der Waals surface area contributed by atoms with Crippen LogP contribution in [0, 0.1) is 6.92 Å². The maximum atomic E-state index is 12.0. The van der Waals surface area contributed by atoms with Crippen LogP contribution in [0.2, 0.25) is 0 Å². The van der Waals surface area contributed by atoms with E-state index < -0.39 is 0 Å². The molecule has 1 aromatic rings. The highest BCUT2D eigenvalue weighted by molar-refractivity contribution is 5.94. The normalized spacial score (nSPS) is 17.7. The SMILES string of the molecule is CCN1CCC(NC(=O)c2ccc(C)nc2)CC1. The number of nitrogens with one attached hydrogen (secondary N) is 1. The molecule has 0 aliphatic carbocycles. The van der Waals surface area contributed by atoms with Gasteiger partial charge in [0, 0.05) is 31.0 Å². The van der Waals surface area contributed by atoms with E-state index in [-0.39, 0.29) is 5.91 Å². The van der Waals surface area contributed by atoms with Gasteiger partial charge >= 0.3 is 0 Å². The first-order valence-corrected chi connectivity index (χ1v) is 6.65. The molecule has 0 spiro atoms. The van der Waals surface area contributed by atoms with Crippen LogP contribution in [0.3, 0.4) is 0 Å². The van der Waals surface area contributed by atoms with Gasteiger partial charge in [-0.05, 0) is 38.4 Å². The fraction of sp³-hybridized carbons (Fsp3) is 0.571. The number of pyridine rings is 1. The van der Waals surface area contributed by atoms with Crippen LogP contribution in [0.1, 0.15) is 35.8 Å². The zero-order valence-corrected chi connectivity index (χ0v) is 11.1. The van der Waals surface area contributed by atoms with Crippen molar-refractivity contribution in [3.05, 3.63) is 29.6 Å². The molecule has 2 rings (SSSR count). The molecule has 2 heterocycles. The Morgan fingerprint density at radius 3 is 2.72 bits per heavy atom. The topological polar surface area (TPSA) is 45.2 Å². The summed E-state index contributed by atoms with van der Waals surface area (Å²) in [5, 5.41) is 3.09. The van der Waals surface area contributed by atoms with Crippen molar-refractivity contribution < 1.29 is 4.79 Å². The van der Waals surface area contributed by atoms with Crippen LogP contribution in [0.4, 0.5) is 0 Å². The average Bonchev–Trinajstić information content (AvgIpc) is 2.40. The Bertz CT molecular complexity index is 394. The van der Waals surface area contributed by atoms with Crippen LogP contribution in [0.15, 0.2) is 18.3 Å². The predicted octanol–water partition coefficient (Wildman–Crippen LogP) is 1.60. The summed E-state index contributed by atoms with van der Waals surface area (Å²) in [6.07, 6.45) is 3.73. The highest BCUT2D eigenvalue weighted by atomic mass is 16.1. The third-order valence-electron chi connectivity index (χ3n) is 3.54. The molecule has 1 amide bonds. The van der Waals surface area contributed by atoms with E-state index in [4.69, 9.17) is 0 Å². The minimum absolute atomic E-state index is 0.00236. The number of hydrogen-bond acceptors (Lipinski definition) is 3. The minimum atomic E-state index is -0.00236. The van der Waals surface area contributed by atoms with Crippen LogP contribution >= 0.6 is 0 Å². The van der Waals surface area contributed by atoms with E-state index in [1.54, 1.807) is 6.20 Å². The lowest BCUT2D eigenvalue weighted by molar-refractivity contribution is 0.0912. The number of likely N-dealkylation sites (tertiary alicyclic amines) is 1. The number of amides is 1. The standard InChI is InChI=1S/C14H21N3O/c1-3-17-8-6-13(7-9-17)16-14(18)12-5-4-11(2)15-10-12/h4-5,10,13H,3,6-9H2,1-2H3,(H,16,18). The summed E-state index contributed by atoms with van der Waals surface area (Å²) in [7, 11) is 0. The lowest BCUT2D eigenvalue weighted by Gasteiger charge is -2.31. The molecule has 4 nitrogen and oxygen atoms in total. The zero-order valence-electron chi connectivity index (χ0n) is 11.1. The van der Waals surface area contributed by atoms with Gasteiger partial charge in [0.25, 0.3) is 5.91 Å². The highest BCUT2D eigenvalue weighted by Gasteiger charge is 2.20. The van der Waals surface area contributed by atoms with Crippen LogP contribution in [-0.2, 0) is 0 Å². The number of nitrogens with zero attached hydrogens (tertiary/aromatic N) is 2. The molecule has 1 aliphatic rings. The maximum Gasteiger partial charge on any atom is 0.253 e. The van der Waals surface area contributed by atoms with Crippen LogP contribution in [0.5, 0.6) is 0 Å². The first-order chi connectivity index (χ1) is 8.69. The second-order valence-electron chi connectivity index (χ2n) is 4.87. The number of aryl methyl sites for hydroxylation is 1. The molecule has 0 radical (unpaired) electrons. The zero-order chi connectivity index (χ0) is 13.0. The summed E-state index contributed by atoms with van der Waals surface area (Å²) in [6.45, 7) is 7.35. The molecule has 98 valence electrons. The van der Waals surface area contributed by atoms with Crippen LogP contribution in [-0.4, -0.2) is 41.5 Å². The molecular formula is C14H21N3O. The Morgan fingerprint density at radius 2 is 2.17 bits per heavy atom. The number of carbonyl (C=O) groups is 1. The maximum absolute atomic E-state index is 12.0. The molecule has 1 saturated heterocycles. The average molecular weight is 247 g/mol. The molecule has 1 aliphatic heterocycles. The Kier molecular flexibility index (Phi) is 4.31. The predicted molar refractivity (Wildman–Crippen MR) is 71.6 cm³/mol. The van der Waals surface area contributed by atoms with Gasteiger partial charge in [-0.25, -0.2) is 0 Å². The summed E-state index contributed by atoms with van der Waals surface area (Å²) in [4.78, 5) is 18.6. The van der Waals surface area contributed by atoms with Gasteiger partial charge in [0.1, 0.15) is 0 Å². The largest absolute Gasteiger partial charge is 0.349 e. The van der Waals surface area contributed by atoms with Crippen molar-refractivity contribution in [3.8, 4) is 0 Å². The molecule has 0 saturated carbocycles. The smallest absolute Gasteiger partial charge is 0.253 e. The van der Waals surface area contributed by atoms with Crippen LogP contribution in [0.25, 0.3) is 0 Å². The fourth-order valence-electron chi connectivity index (χ4n) is 2.26. The van der Waals surface area contributed by atoms with E-state index in [0.29, 0.717) is 11.6 Å². The van der Waals surface area contributed by atoms with Crippen molar-refractivity contribution in [2.75, 3.05) is 19.6 Å². The van der Waals surface area contributed by atoms with Crippen LogP contribution < -0.4 is 5.32 Å². The third kappa shape index (κ3) is 3.29. The molecule has 1 aromatic heterocycles. The quantitative estimate of drug-likeness (QED) is 0.882. The van der Waals surface area contributed by atoms with Crippen molar-refractivity contribution in [1.82, 2.24) is 15.2 Å². The molecule has 1 N–H and O–H groups in total. The third-order valence-corrected chi connectivity index (χ3v) is 3.54.